The molecule has 1 amide bonds. The number of rotatable bonds is 4. The summed E-state index contributed by atoms with van der Waals surface area (Å²) in [5, 5.41) is 3.43. The van der Waals surface area contributed by atoms with Crippen LogP contribution >= 0.6 is 11.6 Å². The molecule has 94 valence electrons. The van der Waals surface area contributed by atoms with Crippen LogP contribution in [0.3, 0.4) is 0 Å². The Morgan fingerprint density at radius 2 is 2.12 bits per heavy atom. The molecule has 0 radical (unpaired) electrons. The normalized spacial score (nSPS) is 11.1. The second-order valence-corrected chi connectivity index (χ2v) is 4.96. The highest BCUT2D eigenvalue weighted by Gasteiger charge is 2.20. The van der Waals surface area contributed by atoms with E-state index in [0.717, 1.165) is 6.42 Å². The SMILES string of the molecule is CCC(C)(C)NC(=O)c1cc(Cl)ccc1NN. The van der Waals surface area contributed by atoms with Gasteiger partial charge in [0, 0.05) is 10.6 Å². The van der Waals surface area contributed by atoms with Crippen molar-refractivity contribution in [2.75, 3.05) is 5.43 Å². The van der Waals surface area contributed by atoms with Gasteiger partial charge >= 0.3 is 0 Å². The quantitative estimate of drug-likeness (QED) is 0.572. The zero-order chi connectivity index (χ0) is 13.1. The van der Waals surface area contributed by atoms with Gasteiger partial charge in [0.05, 0.1) is 11.3 Å². The number of benzene rings is 1. The summed E-state index contributed by atoms with van der Waals surface area (Å²) in [5.41, 5.74) is 3.23. The predicted octanol–water partition coefficient (Wildman–Crippen LogP) is 2.54. The molecule has 1 aromatic rings. The van der Waals surface area contributed by atoms with E-state index >= 15 is 0 Å². The minimum absolute atomic E-state index is 0.188. The van der Waals surface area contributed by atoms with Gasteiger partial charge in [-0.25, -0.2) is 0 Å². The Hall–Kier alpha value is -1.26. The van der Waals surface area contributed by atoms with E-state index in [9.17, 15) is 4.79 Å². The lowest BCUT2D eigenvalue weighted by atomic mass is 10.0. The summed E-state index contributed by atoms with van der Waals surface area (Å²) in [7, 11) is 0. The lowest BCUT2D eigenvalue weighted by molar-refractivity contribution is 0.0912. The molecular weight excluding hydrogens is 238 g/mol. The Bertz CT molecular complexity index is 418. The van der Waals surface area contributed by atoms with Crippen molar-refractivity contribution < 1.29 is 4.79 Å². The first-order chi connectivity index (χ1) is 7.89. The Balaban J connectivity index is 2.99. The zero-order valence-corrected chi connectivity index (χ0v) is 11.1. The van der Waals surface area contributed by atoms with E-state index in [0.29, 0.717) is 16.3 Å². The zero-order valence-electron chi connectivity index (χ0n) is 10.3. The number of anilines is 1. The third-order valence-corrected chi connectivity index (χ3v) is 2.95. The van der Waals surface area contributed by atoms with Gasteiger partial charge in [-0.3, -0.25) is 10.6 Å². The van der Waals surface area contributed by atoms with E-state index < -0.39 is 0 Å². The van der Waals surface area contributed by atoms with Crippen LogP contribution in [0.25, 0.3) is 0 Å². The summed E-state index contributed by atoms with van der Waals surface area (Å²) in [5.74, 6) is 5.17. The number of carbonyl (C=O) groups is 1. The number of hydrogen-bond donors (Lipinski definition) is 3. The summed E-state index contributed by atoms with van der Waals surface area (Å²) >= 11 is 5.87. The lowest BCUT2D eigenvalue weighted by Crippen LogP contribution is -2.43. The van der Waals surface area contributed by atoms with Gasteiger partial charge in [0.25, 0.3) is 5.91 Å². The second-order valence-electron chi connectivity index (χ2n) is 4.53. The molecule has 0 atom stereocenters. The number of nitrogens with one attached hydrogen (secondary N) is 2. The molecule has 0 heterocycles. The highest BCUT2D eigenvalue weighted by Crippen LogP contribution is 2.21. The van der Waals surface area contributed by atoms with Crippen molar-refractivity contribution >= 4 is 23.2 Å². The summed E-state index contributed by atoms with van der Waals surface area (Å²) in [6, 6.07) is 4.95. The Morgan fingerprint density at radius 1 is 1.47 bits per heavy atom. The minimum Gasteiger partial charge on any atom is -0.347 e. The van der Waals surface area contributed by atoms with Gasteiger partial charge in [-0.1, -0.05) is 18.5 Å². The molecule has 0 aliphatic rings. The van der Waals surface area contributed by atoms with Crippen molar-refractivity contribution in [2.45, 2.75) is 32.7 Å². The van der Waals surface area contributed by atoms with Gasteiger partial charge in [-0.05, 0) is 38.5 Å². The minimum atomic E-state index is -0.259. The maximum absolute atomic E-state index is 12.1. The summed E-state index contributed by atoms with van der Waals surface area (Å²) in [6.45, 7) is 5.94. The third-order valence-electron chi connectivity index (χ3n) is 2.72. The summed E-state index contributed by atoms with van der Waals surface area (Å²) in [6.07, 6.45) is 0.838. The van der Waals surface area contributed by atoms with Crippen LogP contribution < -0.4 is 16.6 Å². The summed E-state index contributed by atoms with van der Waals surface area (Å²) < 4.78 is 0. The summed E-state index contributed by atoms with van der Waals surface area (Å²) in [4.78, 5) is 12.1. The number of hydrazine groups is 1. The van der Waals surface area contributed by atoms with Gasteiger partial charge < -0.3 is 10.7 Å². The maximum Gasteiger partial charge on any atom is 0.253 e. The molecule has 0 aliphatic heterocycles. The number of carbonyl (C=O) groups excluding carboxylic acids is 1. The van der Waals surface area contributed by atoms with Crippen LogP contribution in [0.15, 0.2) is 18.2 Å². The fourth-order valence-corrected chi connectivity index (χ4v) is 1.47. The van der Waals surface area contributed by atoms with Crippen LogP contribution in [0.5, 0.6) is 0 Å². The Labute approximate surface area is 106 Å². The number of halogens is 1. The fraction of sp³-hybridized carbons (Fsp3) is 0.417. The average Bonchev–Trinajstić information content (AvgIpc) is 2.28. The van der Waals surface area contributed by atoms with Gasteiger partial charge in [-0.15, -0.1) is 0 Å². The van der Waals surface area contributed by atoms with Crippen LogP contribution in [0.1, 0.15) is 37.6 Å². The first kappa shape index (κ1) is 13.8. The lowest BCUT2D eigenvalue weighted by Gasteiger charge is -2.25. The molecule has 17 heavy (non-hydrogen) atoms. The first-order valence-corrected chi connectivity index (χ1v) is 5.86. The molecule has 0 unspecified atom stereocenters. The predicted molar refractivity (Wildman–Crippen MR) is 71.1 cm³/mol. The van der Waals surface area contributed by atoms with E-state index in [4.69, 9.17) is 17.4 Å². The van der Waals surface area contributed by atoms with Crippen molar-refractivity contribution in [1.82, 2.24) is 5.32 Å². The van der Waals surface area contributed by atoms with Gasteiger partial charge in [0.1, 0.15) is 0 Å². The topological polar surface area (TPSA) is 67.2 Å². The molecule has 0 spiro atoms. The molecule has 0 saturated heterocycles. The molecule has 0 aromatic heterocycles. The van der Waals surface area contributed by atoms with E-state index in [1.807, 2.05) is 20.8 Å². The van der Waals surface area contributed by atoms with Crippen molar-refractivity contribution in [3.63, 3.8) is 0 Å². The molecule has 4 nitrogen and oxygen atoms in total. The highest BCUT2D eigenvalue weighted by atomic mass is 35.5. The van der Waals surface area contributed by atoms with Crippen molar-refractivity contribution in [2.24, 2.45) is 5.84 Å². The molecule has 5 heteroatoms. The van der Waals surface area contributed by atoms with E-state index in [2.05, 4.69) is 10.7 Å². The molecule has 1 aromatic carbocycles. The van der Waals surface area contributed by atoms with Crippen LogP contribution in [0.2, 0.25) is 5.02 Å². The monoisotopic (exact) mass is 255 g/mol. The first-order valence-electron chi connectivity index (χ1n) is 5.48. The van der Waals surface area contributed by atoms with Crippen molar-refractivity contribution in [3.05, 3.63) is 28.8 Å². The van der Waals surface area contributed by atoms with Gasteiger partial charge in [0.15, 0.2) is 0 Å². The Kier molecular flexibility index (Phi) is 4.37. The average molecular weight is 256 g/mol. The third kappa shape index (κ3) is 3.61. The molecule has 4 N–H and O–H groups in total. The number of nitrogens with two attached hydrogens (primary N) is 1. The number of hydrogen-bond acceptors (Lipinski definition) is 3. The van der Waals surface area contributed by atoms with Crippen molar-refractivity contribution in [3.8, 4) is 0 Å². The smallest absolute Gasteiger partial charge is 0.253 e. The molecule has 0 bridgehead atoms. The number of nitrogen functional groups attached to an aromatic ring is 1. The second kappa shape index (κ2) is 5.38. The number of amides is 1. The van der Waals surface area contributed by atoms with Crippen LogP contribution in [0.4, 0.5) is 5.69 Å². The molecule has 1 rings (SSSR count). The molecular formula is C12H18ClN3O. The molecule has 0 fully saturated rings. The van der Waals surface area contributed by atoms with Crippen LogP contribution in [-0.4, -0.2) is 11.4 Å². The van der Waals surface area contributed by atoms with E-state index in [1.54, 1.807) is 18.2 Å². The van der Waals surface area contributed by atoms with Crippen molar-refractivity contribution in [1.29, 1.82) is 0 Å². The van der Waals surface area contributed by atoms with Crippen LogP contribution in [0, 0.1) is 0 Å². The standard InChI is InChI=1S/C12H18ClN3O/c1-4-12(2,3)15-11(17)9-7-8(13)5-6-10(9)16-14/h5-7,16H,4,14H2,1-3H3,(H,15,17). The van der Waals surface area contributed by atoms with E-state index in [-0.39, 0.29) is 11.4 Å². The maximum atomic E-state index is 12.1. The molecule has 0 saturated carbocycles. The Morgan fingerprint density at radius 3 is 2.65 bits per heavy atom. The largest absolute Gasteiger partial charge is 0.347 e. The fourth-order valence-electron chi connectivity index (χ4n) is 1.29. The van der Waals surface area contributed by atoms with Gasteiger partial charge in [-0.2, -0.15) is 0 Å². The molecule has 0 aliphatic carbocycles. The van der Waals surface area contributed by atoms with Crippen LogP contribution in [-0.2, 0) is 0 Å². The highest BCUT2D eigenvalue weighted by molar-refractivity contribution is 6.31. The van der Waals surface area contributed by atoms with E-state index in [1.165, 1.54) is 0 Å². The van der Waals surface area contributed by atoms with Gasteiger partial charge in [0.2, 0.25) is 0 Å².